The Hall–Kier alpha value is -1.55. The van der Waals surface area contributed by atoms with Crippen molar-refractivity contribution < 1.29 is 14.6 Å². The highest BCUT2D eigenvalue weighted by atomic mass is 16.5. The largest absolute Gasteiger partial charge is 0.494 e. The second-order valence-corrected chi connectivity index (χ2v) is 4.43. The van der Waals surface area contributed by atoms with Gasteiger partial charge >= 0.3 is 0 Å². The minimum Gasteiger partial charge on any atom is -0.494 e. The van der Waals surface area contributed by atoms with Gasteiger partial charge in [0.05, 0.1) is 19.3 Å². The van der Waals surface area contributed by atoms with E-state index in [9.17, 15) is 9.90 Å². The van der Waals surface area contributed by atoms with E-state index in [-0.39, 0.29) is 18.6 Å². The Bertz CT molecular complexity index is 402. The molecule has 4 nitrogen and oxygen atoms in total. The van der Waals surface area contributed by atoms with Gasteiger partial charge in [0.2, 0.25) is 0 Å². The number of ether oxygens (including phenoxy) is 1. The number of benzene rings is 1. The van der Waals surface area contributed by atoms with Crippen LogP contribution in [0, 0.1) is 0 Å². The highest BCUT2D eigenvalue weighted by Gasteiger charge is 2.28. The molecule has 1 saturated heterocycles. The average molecular weight is 249 g/mol. The van der Waals surface area contributed by atoms with Crippen molar-refractivity contribution in [1.82, 2.24) is 4.90 Å². The summed E-state index contributed by atoms with van der Waals surface area (Å²) in [7, 11) is 0. The molecule has 0 bridgehead atoms. The van der Waals surface area contributed by atoms with Gasteiger partial charge in [-0.2, -0.15) is 0 Å². The molecule has 4 heteroatoms. The van der Waals surface area contributed by atoms with E-state index in [0.717, 1.165) is 25.1 Å². The maximum Gasteiger partial charge on any atom is 0.254 e. The summed E-state index contributed by atoms with van der Waals surface area (Å²) in [6.07, 6.45) is 1.85. The normalized spacial score (nSPS) is 19.0. The van der Waals surface area contributed by atoms with E-state index < -0.39 is 0 Å². The Morgan fingerprint density at radius 2 is 2.17 bits per heavy atom. The molecule has 2 rings (SSSR count). The highest BCUT2D eigenvalue weighted by Crippen LogP contribution is 2.21. The third-order valence-corrected chi connectivity index (χ3v) is 3.26. The Morgan fingerprint density at radius 3 is 2.78 bits per heavy atom. The van der Waals surface area contributed by atoms with Crippen LogP contribution in [0.4, 0.5) is 0 Å². The summed E-state index contributed by atoms with van der Waals surface area (Å²) in [5.74, 6) is 0.767. The lowest BCUT2D eigenvalue weighted by Gasteiger charge is -2.23. The van der Waals surface area contributed by atoms with Crippen molar-refractivity contribution in [3.05, 3.63) is 29.8 Å². The Kier molecular flexibility index (Phi) is 4.20. The van der Waals surface area contributed by atoms with E-state index in [1.54, 1.807) is 29.2 Å². The monoisotopic (exact) mass is 249 g/mol. The number of aliphatic hydroxyl groups is 1. The first-order chi connectivity index (χ1) is 8.76. The number of aliphatic hydroxyl groups excluding tert-OH is 1. The van der Waals surface area contributed by atoms with Gasteiger partial charge in [-0.1, -0.05) is 0 Å². The first-order valence-electron chi connectivity index (χ1n) is 6.41. The van der Waals surface area contributed by atoms with Crippen LogP contribution in [0.3, 0.4) is 0 Å². The molecule has 1 aromatic rings. The van der Waals surface area contributed by atoms with Crippen LogP contribution in [0.2, 0.25) is 0 Å². The predicted octanol–water partition coefficient (Wildman–Crippen LogP) is 1.68. The minimum absolute atomic E-state index is 0.00500. The van der Waals surface area contributed by atoms with Gasteiger partial charge in [-0.15, -0.1) is 0 Å². The molecule has 0 aromatic heterocycles. The van der Waals surface area contributed by atoms with E-state index in [1.165, 1.54) is 0 Å². The van der Waals surface area contributed by atoms with E-state index in [2.05, 4.69) is 0 Å². The van der Waals surface area contributed by atoms with Gasteiger partial charge in [-0.05, 0) is 44.0 Å². The number of hydrogen-bond acceptors (Lipinski definition) is 3. The van der Waals surface area contributed by atoms with Gasteiger partial charge in [0.1, 0.15) is 5.75 Å². The second kappa shape index (κ2) is 5.87. The summed E-state index contributed by atoms with van der Waals surface area (Å²) in [5.41, 5.74) is 0.652. The summed E-state index contributed by atoms with van der Waals surface area (Å²) >= 11 is 0. The summed E-state index contributed by atoms with van der Waals surface area (Å²) in [5, 5.41) is 9.23. The molecule has 1 atom stereocenters. The van der Waals surface area contributed by atoms with Crippen molar-refractivity contribution in [1.29, 1.82) is 0 Å². The Balaban J connectivity index is 2.08. The van der Waals surface area contributed by atoms with Crippen molar-refractivity contribution in [3.63, 3.8) is 0 Å². The SMILES string of the molecule is CCOc1ccc(C(=O)N2CCCC2CO)cc1. The van der Waals surface area contributed by atoms with Gasteiger partial charge < -0.3 is 14.7 Å². The van der Waals surface area contributed by atoms with Gasteiger partial charge in [0, 0.05) is 12.1 Å². The molecule has 0 aliphatic carbocycles. The number of nitrogens with zero attached hydrogens (tertiary/aromatic N) is 1. The highest BCUT2D eigenvalue weighted by molar-refractivity contribution is 5.94. The number of carbonyl (C=O) groups is 1. The number of hydrogen-bond donors (Lipinski definition) is 1. The lowest BCUT2D eigenvalue weighted by Crippen LogP contribution is -2.37. The van der Waals surface area contributed by atoms with E-state index in [4.69, 9.17) is 4.74 Å². The molecule has 0 radical (unpaired) electrons. The molecule has 1 aromatic carbocycles. The summed E-state index contributed by atoms with van der Waals surface area (Å²) in [4.78, 5) is 14.0. The average Bonchev–Trinajstić information content (AvgIpc) is 2.87. The molecular weight excluding hydrogens is 230 g/mol. The van der Waals surface area contributed by atoms with E-state index in [0.29, 0.717) is 12.2 Å². The smallest absolute Gasteiger partial charge is 0.254 e. The molecular formula is C14H19NO3. The Labute approximate surface area is 107 Å². The lowest BCUT2D eigenvalue weighted by molar-refractivity contribution is 0.0677. The van der Waals surface area contributed by atoms with Crippen molar-refractivity contribution in [2.24, 2.45) is 0 Å². The van der Waals surface area contributed by atoms with Crippen molar-refractivity contribution in [3.8, 4) is 5.75 Å². The molecule has 18 heavy (non-hydrogen) atoms. The fourth-order valence-corrected chi connectivity index (χ4v) is 2.32. The topological polar surface area (TPSA) is 49.8 Å². The molecule has 1 aliphatic rings. The van der Waals surface area contributed by atoms with E-state index >= 15 is 0 Å². The molecule has 1 N–H and O–H groups in total. The molecule has 1 fully saturated rings. The summed E-state index contributed by atoms with van der Waals surface area (Å²) in [6, 6.07) is 7.14. The van der Waals surface area contributed by atoms with Crippen LogP contribution < -0.4 is 4.74 Å². The number of amides is 1. The maximum atomic E-state index is 12.3. The van der Waals surface area contributed by atoms with E-state index in [1.807, 2.05) is 6.92 Å². The first-order valence-corrected chi connectivity index (χ1v) is 6.41. The zero-order valence-electron chi connectivity index (χ0n) is 10.6. The standard InChI is InChI=1S/C14H19NO3/c1-2-18-13-7-5-11(6-8-13)14(17)15-9-3-4-12(15)10-16/h5-8,12,16H,2-4,9-10H2,1H3. The van der Waals surface area contributed by atoms with Crippen LogP contribution in [-0.4, -0.2) is 41.7 Å². The Morgan fingerprint density at radius 1 is 1.44 bits per heavy atom. The van der Waals surface area contributed by atoms with Gasteiger partial charge in [-0.25, -0.2) is 0 Å². The third-order valence-electron chi connectivity index (χ3n) is 3.26. The van der Waals surface area contributed by atoms with Crippen LogP contribution >= 0.6 is 0 Å². The molecule has 1 amide bonds. The molecule has 1 heterocycles. The van der Waals surface area contributed by atoms with Crippen LogP contribution in [0.5, 0.6) is 5.75 Å². The molecule has 1 aliphatic heterocycles. The molecule has 98 valence electrons. The quantitative estimate of drug-likeness (QED) is 0.883. The predicted molar refractivity (Wildman–Crippen MR) is 68.8 cm³/mol. The lowest BCUT2D eigenvalue weighted by atomic mass is 10.1. The zero-order valence-corrected chi connectivity index (χ0v) is 10.6. The molecule has 1 unspecified atom stereocenters. The van der Waals surface area contributed by atoms with Crippen molar-refractivity contribution in [2.45, 2.75) is 25.8 Å². The number of rotatable bonds is 4. The minimum atomic E-state index is -0.0240. The molecule has 0 spiro atoms. The van der Waals surface area contributed by atoms with Crippen molar-refractivity contribution >= 4 is 5.91 Å². The number of likely N-dealkylation sites (tertiary alicyclic amines) is 1. The van der Waals surface area contributed by atoms with Crippen molar-refractivity contribution in [2.75, 3.05) is 19.8 Å². The number of carbonyl (C=O) groups excluding carboxylic acids is 1. The van der Waals surface area contributed by atoms with Gasteiger partial charge in [0.15, 0.2) is 0 Å². The first kappa shape index (κ1) is 12.9. The van der Waals surface area contributed by atoms with Crippen LogP contribution in [0.15, 0.2) is 24.3 Å². The van der Waals surface area contributed by atoms with Crippen LogP contribution in [-0.2, 0) is 0 Å². The fraction of sp³-hybridized carbons (Fsp3) is 0.500. The summed E-state index contributed by atoms with van der Waals surface area (Å²) in [6.45, 7) is 3.32. The van der Waals surface area contributed by atoms with Crippen LogP contribution in [0.1, 0.15) is 30.1 Å². The summed E-state index contributed by atoms with van der Waals surface area (Å²) < 4.78 is 5.34. The fourth-order valence-electron chi connectivity index (χ4n) is 2.32. The third kappa shape index (κ3) is 2.64. The van der Waals surface area contributed by atoms with Gasteiger partial charge in [0.25, 0.3) is 5.91 Å². The molecule has 0 saturated carbocycles. The van der Waals surface area contributed by atoms with Crippen LogP contribution in [0.25, 0.3) is 0 Å². The second-order valence-electron chi connectivity index (χ2n) is 4.43. The maximum absolute atomic E-state index is 12.3. The van der Waals surface area contributed by atoms with Gasteiger partial charge in [-0.3, -0.25) is 4.79 Å². The zero-order chi connectivity index (χ0) is 13.0.